The molecule has 2 aromatic carbocycles. The van der Waals surface area contributed by atoms with E-state index in [1.165, 1.54) is 11.1 Å². The minimum atomic E-state index is -0.284. The summed E-state index contributed by atoms with van der Waals surface area (Å²) in [5.74, 6) is 0. The predicted octanol–water partition coefficient (Wildman–Crippen LogP) is 4.39. The van der Waals surface area contributed by atoms with Gasteiger partial charge in [0.2, 0.25) is 0 Å². The average molecular weight is 264 g/mol. The van der Waals surface area contributed by atoms with Gasteiger partial charge in [-0.05, 0) is 44.0 Å². The number of fused-ring (bicyclic) bond motifs is 1. The van der Waals surface area contributed by atoms with Crippen molar-refractivity contribution >= 4 is 11.0 Å². The van der Waals surface area contributed by atoms with Gasteiger partial charge in [-0.15, -0.1) is 0 Å². The van der Waals surface area contributed by atoms with Crippen molar-refractivity contribution in [3.63, 3.8) is 0 Å². The third-order valence-electron chi connectivity index (χ3n) is 3.52. The fourth-order valence-corrected chi connectivity index (χ4v) is 2.53. The molecule has 0 saturated carbocycles. The van der Waals surface area contributed by atoms with Gasteiger partial charge in [0.25, 0.3) is 0 Å². The van der Waals surface area contributed by atoms with Crippen LogP contribution in [-0.2, 0) is 0 Å². The van der Waals surface area contributed by atoms with Gasteiger partial charge in [0.1, 0.15) is 5.58 Å². The molecular formula is C18H16O2. The molecule has 2 heteroatoms. The minimum Gasteiger partial charge on any atom is -0.422 e. The Morgan fingerprint density at radius 2 is 1.55 bits per heavy atom. The Bertz CT molecular complexity index is 840. The van der Waals surface area contributed by atoms with E-state index in [-0.39, 0.29) is 5.63 Å². The van der Waals surface area contributed by atoms with Crippen molar-refractivity contribution < 1.29 is 4.42 Å². The fourth-order valence-electron chi connectivity index (χ4n) is 2.53. The lowest BCUT2D eigenvalue weighted by atomic mass is 10.0. The topological polar surface area (TPSA) is 30.2 Å². The van der Waals surface area contributed by atoms with Crippen molar-refractivity contribution in [3.05, 3.63) is 69.6 Å². The molecule has 2 nitrogen and oxygen atoms in total. The third kappa shape index (κ3) is 2.14. The summed E-state index contributed by atoms with van der Waals surface area (Å²) in [6, 6.07) is 13.9. The Morgan fingerprint density at radius 1 is 0.850 bits per heavy atom. The SMILES string of the molecule is Cc1ccc(-c2cc3cc(C)cc(C)c3oc2=O)cc1. The Kier molecular flexibility index (Phi) is 2.94. The average Bonchev–Trinajstić information content (AvgIpc) is 2.40. The normalized spacial score (nSPS) is 10.9. The first-order valence-electron chi connectivity index (χ1n) is 6.67. The molecule has 100 valence electrons. The van der Waals surface area contributed by atoms with E-state index in [0.29, 0.717) is 11.1 Å². The molecule has 0 aliphatic heterocycles. The summed E-state index contributed by atoms with van der Waals surface area (Å²) in [4.78, 5) is 12.2. The second kappa shape index (κ2) is 4.64. The Hall–Kier alpha value is -2.35. The molecule has 0 fully saturated rings. The minimum absolute atomic E-state index is 0.284. The second-order valence-electron chi connectivity index (χ2n) is 5.31. The van der Waals surface area contributed by atoms with Crippen LogP contribution in [0.25, 0.3) is 22.1 Å². The number of hydrogen-bond donors (Lipinski definition) is 0. The molecule has 3 aromatic rings. The molecule has 20 heavy (non-hydrogen) atoms. The van der Waals surface area contributed by atoms with Crippen LogP contribution >= 0.6 is 0 Å². The molecule has 0 saturated heterocycles. The molecule has 1 aromatic heterocycles. The fraction of sp³-hybridized carbons (Fsp3) is 0.167. The molecule has 0 amide bonds. The van der Waals surface area contributed by atoms with E-state index in [1.807, 2.05) is 63.2 Å². The molecule has 0 N–H and O–H groups in total. The lowest BCUT2D eigenvalue weighted by Gasteiger charge is -2.06. The van der Waals surface area contributed by atoms with E-state index in [1.54, 1.807) is 0 Å². The van der Waals surface area contributed by atoms with Gasteiger partial charge in [-0.3, -0.25) is 0 Å². The van der Waals surface area contributed by atoms with Gasteiger partial charge in [-0.2, -0.15) is 0 Å². The smallest absolute Gasteiger partial charge is 0.344 e. The molecule has 0 unspecified atom stereocenters. The van der Waals surface area contributed by atoms with Gasteiger partial charge in [-0.1, -0.05) is 41.5 Å². The van der Waals surface area contributed by atoms with Crippen molar-refractivity contribution in [1.82, 2.24) is 0 Å². The summed E-state index contributed by atoms with van der Waals surface area (Å²) >= 11 is 0. The molecule has 0 atom stereocenters. The van der Waals surface area contributed by atoms with Gasteiger partial charge in [0, 0.05) is 5.39 Å². The van der Waals surface area contributed by atoms with Crippen molar-refractivity contribution in [2.45, 2.75) is 20.8 Å². The van der Waals surface area contributed by atoms with E-state index in [0.717, 1.165) is 16.5 Å². The van der Waals surface area contributed by atoms with Gasteiger partial charge < -0.3 is 4.42 Å². The third-order valence-corrected chi connectivity index (χ3v) is 3.52. The maximum Gasteiger partial charge on any atom is 0.344 e. The van der Waals surface area contributed by atoms with Crippen LogP contribution in [-0.4, -0.2) is 0 Å². The maximum absolute atomic E-state index is 12.2. The van der Waals surface area contributed by atoms with E-state index < -0.39 is 0 Å². The van der Waals surface area contributed by atoms with Crippen molar-refractivity contribution in [1.29, 1.82) is 0 Å². The highest BCUT2D eigenvalue weighted by Gasteiger charge is 2.09. The zero-order chi connectivity index (χ0) is 14.3. The Morgan fingerprint density at radius 3 is 2.25 bits per heavy atom. The van der Waals surface area contributed by atoms with Gasteiger partial charge in [-0.25, -0.2) is 4.79 Å². The van der Waals surface area contributed by atoms with E-state index >= 15 is 0 Å². The highest BCUT2D eigenvalue weighted by molar-refractivity contribution is 5.84. The van der Waals surface area contributed by atoms with Crippen LogP contribution in [0.1, 0.15) is 16.7 Å². The summed E-state index contributed by atoms with van der Waals surface area (Å²) in [6.07, 6.45) is 0. The zero-order valence-electron chi connectivity index (χ0n) is 11.9. The highest BCUT2D eigenvalue weighted by atomic mass is 16.4. The molecule has 0 aliphatic carbocycles. The van der Waals surface area contributed by atoms with Crippen LogP contribution in [0.3, 0.4) is 0 Å². The van der Waals surface area contributed by atoms with E-state index in [9.17, 15) is 4.79 Å². The van der Waals surface area contributed by atoms with E-state index in [2.05, 4.69) is 0 Å². The largest absolute Gasteiger partial charge is 0.422 e. The molecule has 0 bridgehead atoms. The van der Waals surface area contributed by atoms with Crippen molar-refractivity contribution in [2.75, 3.05) is 0 Å². The predicted molar refractivity (Wildman–Crippen MR) is 82.1 cm³/mol. The molecule has 0 radical (unpaired) electrons. The molecule has 0 spiro atoms. The van der Waals surface area contributed by atoms with Gasteiger partial charge in [0.15, 0.2) is 0 Å². The van der Waals surface area contributed by atoms with Gasteiger partial charge in [0.05, 0.1) is 5.56 Å². The summed E-state index contributed by atoms with van der Waals surface area (Å²) < 4.78 is 5.51. The van der Waals surface area contributed by atoms with Crippen LogP contribution in [0.2, 0.25) is 0 Å². The zero-order valence-corrected chi connectivity index (χ0v) is 11.9. The lowest BCUT2D eigenvalue weighted by molar-refractivity contribution is 0.561. The number of benzene rings is 2. The monoisotopic (exact) mass is 264 g/mol. The summed E-state index contributed by atoms with van der Waals surface area (Å²) in [5, 5.41) is 0.970. The first kappa shape index (κ1) is 12.7. The number of rotatable bonds is 1. The van der Waals surface area contributed by atoms with E-state index in [4.69, 9.17) is 4.42 Å². The Labute approximate surface area is 117 Å². The Balaban J connectivity index is 2.29. The number of aryl methyl sites for hydroxylation is 3. The molecule has 1 heterocycles. The second-order valence-corrected chi connectivity index (χ2v) is 5.31. The summed E-state index contributed by atoms with van der Waals surface area (Å²) in [7, 11) is 0. The lowest BCUT2D eigenvalue weighted by Crippen LogP contribution is -2.03. The van der Waals surface area contributed by atoms with Crippen LogP contribution in [0.4, 0.5) is 0 Å². The van der Waals surface area contributed by atoms with Crippen LogP contribution in [0.15, 0.2) is 51.7 Å². The van der Waals surface area contributed by atoms with Crippen LogP contribution in [0, 0.1) is 20.8 Å². The quantitative estimate of drug-likeness (QED) is 0.610. The van der Waals surface area contributed by atoms with Crippen LogP contribution < -0.4 is 5.63 Å². The molecule has 3 rings (SSSR count). The molecule has 0 aliphatic rings. The van der Waals surface area contributed by atoms with Crippen LogP contribution in [0.5, 0.6) is 0 Å². The van der Waals surface area contributed by atoms with Crippen molar-refractivity contribution in [2.24, 2.45) is 0 Å². The summed E-state index contributed by atoms with van der Waals surface area (Å²) in [5.41, 5.74) is 5.23. The van der Waals surface area contributed by atoms with Crippen molar-refractivity contribution in [3.8, 4) is 11.1 Å². The molecular weight excluding hydrogens is 248 g/mol. The summed E-state index contributed by atoms with van der Waals surface area (Å²) in [6.45, 7) is 6.03. The van der Waals surface area contributed by atoms with Gasteiger partial charge >= 0.3 is 5.63 Å². The number of hydrogen-bond acceptors (Lipinski definition) is 2. The first-order chi connectivity index (χ1) is 9.54. The highest BCUT2D eigenvalue weighted by Crippen LogP contribution is 2.24. The first-order valence-corrected chi connectivity index (χ1v) is 6.67. The maximum atomic E-state index is 12.2. The standard InChI is InChI=1S/C18H16O2/c1-11-4-6-14(7-5-11)16-10-15-9-12(2)8-13(3)17(15)20-18(16)19/h4-10H,1-3H3.